The van der Waals surface area contributed by atoms with Gasteiger partial charge in [0.1, 0.15) is 5.75 Å². The molecule has 0 spiro atoms. The zero-order chi connectivity index (χ0) is 18.1. The van der Waals surface area contributed by atoms with Gasteiger partial charge in [-0.15, -0.1) is 0 Å². The van der Waals surface area contributed by atoms with Crippen molar-refractivity contribution in [3.63, 3.8) is 0 Å². The molecule has 0 radical (unpaired) electrons. The van der Waals surface area contributed by atoms with Gasteiger partial charge in [0.25, 0.3) is 5.91 Å². The maximum atomic E-state index is 12.4. The molecule has 0 aliphatic heterocycles. The highest BCUT2D eigenvalue weighted by atomic mass is 16.5. The Hall–Kier alpha value is -3.35. The average molecular weight is 350 g/mol. The van der Waals surface area contributed by atoms with Crippen LogP contribution in [0, 0.1) is 0 Å². The van der Waals surface area contributed by atoms with Crippen LogP contribution in [0.1, 0.15) is 23.9 Å². The zero-order valence-corrected chi connectivity index (χ0v) is 14.5. The minimum absolute atomic E-state index is 0.235. The highest BCUT2D eigenvalue weighted by molar-refractivity contribution is 6.07. The van der Waals surface area contributed by atoms with Crippen molar-refractivity contribution in [1.29, 1.82) is 0 Å². The molecule has 1 aromatic carbocycles. The summed E-state index contributed by atoms with van der Waals surface area (Å²) >= 11 is 0. The van der Waals surface area contributed by atoms with Gasteiger partial charge in [0, 0.05) is 11.9 Å². The molecular formula is C19H18N4O3. The molecule has 0 saturated heterocycles. The summed E-state index contributed by atoms with van der Waals surface area (Å²) in [5.74, 6) is 1.11. The van der Waals surface area contributed by atoms with Crippen LogP contribution >= 0.6 is 0 Å². The summed E-state index contributed by atoms with van der Waals surface area (Å²) in [6, 6.07) is 11.0. The molecule has 4 rings (SSSR count). The zero-order valence-electron chi connectivity index (χ0n) is 14.5. The maximum Gasteiger partial charge on any atom is 0.292 e. The van der Waals surface area contributed by atoms with Crippen molar-refractivity contribution in [2.24, 2.45) is 0 Å². The van der Waals surface area contributed by atoms with Crippen LogP contribution in [0.2, 0.25) is 0 Å². The normalized spacial score (nSPS) is 11.2. The van der Waals surface area contributed by atoms with Crippen LogP contribution in [0.3, 0.4) is 0 Å². The highest BCUT2D eigenvalue weighted by Gasteiger charge is 2.17. The van der Waals surface area contributed by atoms with Crippen molar-refractivity contribution in [3.8, 4) is 5.75 Å². The number of anilines is 1. The lowest BCUT2D eigenvalue weighted by Crippen LogP contribution is -2.12. The van der Waals surface area contributed by atoms with Crippen molar-refractivity contribution in [2.45, 2.75) is 19.9 Å². The van der Waals surface area contributed by atoms with Crippen LogP contribution in [0.5, 0.6) is 5.75 Å². The molecule has 0 saturated carbocycles. The van der Waals surface area contributed by atoms with E-state index in [2.05, 4.69) is 17.3 Å². The number of nitrogens with one attached hydrogen (secondary N) is 1. The first-order valence-electron chi connectivity index (χ1n) is 8.39. The van der Waals surface area contributed by atoms with Crippen molar-refractivity contribution in [2.75, 3.05) is 12.4 Å². The summed E-state index contributed by atoms with van der Waals surface area (Å²) in [5, 5.41) is 9.06. The predicted octanol–water partition coefficient (Wildman–Crippen LogP) is 3.85. The van der Waals surface area contributed by atoms with Crippen LogP contribution in [-0.4, -0.2) is 27.8 Å². The van der Waals surface area contributed by atoms with Gasteiger partial charge >= 0.3 is 0 Å². The first kappa shape index (κ1) is 16.1. The molecular weight excluding hydrogens is 332 g/mol. The monoisotopic (exact) mass is 350 g/mol. The minimum atomic E-state index is -0.344. The Bertz CT molecular complexity index is 1080. The number of amides is 1. The Balaban J connectivity index is 1.85. The van der Waals surface area contributed by atoms with Crippen LogP contribution in [0.25, 0.3) is 21.9 Å². The van der Waals surface area contributed by atoms with E-state index in [9.17, 15) is 4.79 Å². The van der Waals surface area contributed by atoms with Gasteiger partial charge in [-0.1, -0.05) is 6.92 Å². The van der Waals surface area contributed by atoms with Crippen LogP contribution in [0.4, 0.5) is 5.82 Å². The van der Waals surface area contributed by atoms with E-state index in [1.54, 1.807) is 19.2 Å². The molecule has 0 bridgehead atoms. The van der Waals surface area contributed by atoms with E-state index in [0.29, 0.717) is 12.4 Å². The lowest BCUT2D eigenvalue weighted by atomic mass is 10.1. The molecule has 4 aromatic rings. The van der Waals surface area contributed by atoms with E-state index in [0.717, 1.165) is 34.1 Å². The van der Waals surface area contributed by atoms with Gasteiger partial charge in [0.15, 0.2) is 17.2 Å². The van der Waals surface area contributed by atoms with E-state index in [1.165, 1.54) is 6.26 Å². The van der Waals surface area contributed by atoms with Crippen LogP contribution in [-0.2, 0) is 6.54 Å². The summed E-state index contributed by atoms with van der Waals surface area (Å²) in [6.07, 6.45) is 2.37. The Morgan fingerprint density at radius 3 is 2.92 bits per heavy atom. The fourth-order valence-electron chi connectivity index (χ4n) is 2.90. The summed E-state index contributed by atoms with van der Waals surface area (Å²) < 4.78 is 12.3. The average Bonchev–Trinajstić information content (AvgIpc) is 3.29. The van der Waals surface area contributed by atoms with Gasteiger partial charge in [0.2, 0.25) is 0 Å². The van der Waals surface area contributed by atoms with Crippen LogP contribution < -0.4 is 10.1 Å². The number of fused-ring (bicyclic) bond motifs is 2. The third kappa shape index (κ3) is 2.77. The first-order chi connectivity index (χ1) is 12.7. The predicted molar refractivity (Wildman–Crippen MR) is 98.5 cm³/mol. The van der Waals surface area contributed by atoms with Gasteiger partial charge in [0.05, 0.1) is 24.3 Å². The molecule has 0 aliphatic carbocycles. The molecule has 0 atom stereocenters. The van der Waals surface area contributed by atoms with Gasteiger partial charge in [-0.3, -0.25) is 4.79 Å². The third-order valence-corrected chi connectivity index (χ3v) is 4.13. The van der Waals surface area contributed by atoms with Crippen molar-refractivity contribution in [3.05, 3.63) is 48.4 Å². The fraction of sp³-hybridized carbons (Fsp3) is 0.211. The lowest BCUT2D eigenvalue weighted by molar-refractivity contribution is 0.0996. The van der Waals surface area contributed by atoms with Crippen molar-refractivity contribution in [1.82, 2.24) is 14.8 Å². The quantitative estimate of drug-likeness (QED) is 0.591. The minimum Gasteiger partial charge on any atom is -0.497 e. The Kier molecular flexibility index (Phi) is 4.04. The fourth-order valence-corrected chi connectivity index (χ4v) is 2.90. The number of hydrogen-bond acceptors (Lipinski definition) is 5. The summed E-state index contributed by atoms with van der Waals surface area (Å²) in [7, 11) is 1.63. The molecule has 7 heteroatoms. The number of aryl methyl sites for hydroxylation is 1. The highest BCUT2D eigenvalue weighted by Crippen LogP contribution is 2.28. The second-order valence-electron chi connectivity index (χ2n) is 5.92. The number of hydrogen-bond donors (Lipinski definition) is 1. The number of carbonyl (C=O) groups excluding carboxylic acids is 1. The number of furan rings is 1. The molecule has 1 N–H and O–H groups in total. The smallest absolute Gasteiger partial charge is 0.292 e. The van der Waals surface area contributed by atoms with Gasteiger partial charge in [-0.2, -0.15) is 5.10 Å². The van der Waals surface area contributed by atoms with E-state index in [4.69, 9.17) is 14.1 Å². The Morgan fingerprint density at radius 2 is 2.19 bits per heavy atom. The summed E-state index contributed by atoms with van der Waals surface area (Å²) in [4.78, 5) is 17.1. The lowest BCUT2D eigenvalue weighted by Gasteiger charge is -2.04. The molecule has 7 nitrogen and oxygen atoms in total. The molecule has 0 unspecified atom stereocenters. The molecule has 0 fully saturated rings. The van der Waals surface area contributed by atoms with Gasteiger partial charge < -0.3 is 14.5 Å². The number of nitrogens with zero attached hydrogens (tertiary/aromatic N) is 3. The van der Waals surface area contributed by atoms with E-state index < -0.39 is 0 Å². The number of ether oxygens (including phenoxy) is 1. The number of pyridine rings is 1. The van der Waals surface area contributed by atoms with Crippen LogP contribution in [0.15, 0.2) is 47.1 Å². The standard InChI is InChI=1S/C19H18N4O3/c1-3-8-23-18-14(11-12-10-13(25-2)6-7-15(12)20-18)17(22-23)21-19(24)16-5-4-9-26-16/h4-7,9-11H,3,8H2,1-2H3,(H,21,22,24). The summed E-state index contributed by atoms with van der Waals surface area (Å²) in [5.41, 5.74) is 1.58. The Labute approximate surface area is 149 Å². The van der Waals surface area contributed by atoms with Gasteiger partial charge in [-0.05, 0) is 42.8 Å². The van der Waals surface area contributed by atoms with Crippen molar-refractivity contribution < 1.29 is 13.9 Å². The van der Waals surface area contributed by atoms with E-state index >= 15 is 0 Å². The number of benzene rings is 1. The topological polar surface area (TPSA) is 82.2 Å². The number of methoxy groups -OCH3 is 1. The molecule has 3 aromatic heterocycles. The molecule has 3 heterocycles. The largest absolute Gasteiger partial charge is 0.497 e. The molecule has 1 amide bonds. The molecule has 132 valence electrons. The number of rotatable bonds is 5. The first-order valence-corrected chi connectivity index (χ1v) is 8.39. The van der Waals surface area contributed by atoms with E-state index in [1.807, 2.05) is 28.9 Å². The second-order valence-corrected chi connectivity index (χ2v) is 5.92. The second kappa shape index (κ2) is 6.51. The molecule has 0 aliphatic rings. The number of aromatic nitrogens is 3. The SMILES string of the molecule is CCCn1nc(NC(=O)c2ccco2)c2cc3cc(OC)ccc3nc21. The Morgan fingerprint density at radius 1 is 1.31 bits per heavy atom. The number of carbonyl (C=O) groups is 1. The van der Waals surface area contributed by atoms with Gasteiger partial charge in [-0.25, -0.2) is 9.67 Å². The van der Waals surface area contributed by atoms with Crippen molar-refractivity contribution >= 4 is 33.7 Å². The molecule has 26 heavy (non-hydrogen) atoms. The maximum absolute atomic E-state index is 12.4. The van der Waals surface area contributed by atoms with E-state index in [-0.39, 0.29) is 11.7 Å². The summed E-state index contributed by atoms with van der Waals surface area (Å²) in [6.45, 7) is 2.78. The third-order valence-electron chi connectivity index (χ3n) is 4.13.